The molecule has 0 bridgehead atoms. The van der Waals surface area contributed by atoms with Gasteiger partial charge >= 0.3 is 0 Å². The Morgan fingerprint density at radius 3 is 2.48 bits per heavy atom. The van der Waals surface area contributed by atoms with Crippen LogP contribution in [0, 0.1) is 6.92 Å². The first-order valence-electron chi connectivity index (χ1n) is 10.0. The highest BCUT2D eigenvalue weighted by Crippen LogP contribution is 2.38. The molecule has 3 heterocycles. The van der Waals surface area contributed by atoms with Crippen LogP contribution >= 0.6 is 0 Å². The number of aromatic nitrogens is 4. The second kappa shape index (κ2) is 7.81. The molecule has 0 N–H and O–H groups in total. The van der Waals surface area contributed by atoms with Crippen LogP contribution < -0.4 is 15.4 Å². The first-order valence-corrected chi connectivity index (χ1v) is 10.0. The molecule has 0 spiro atoms. The maximum Gasteiger partial charge on any atom is 0.254 e. The molecule has 1 saturated heterocycles. The molecule has 2 aliphatic rings. The molecule has 9 heteroatoms. The van der Waals surface area contributed by atoms with Gasteiger partial charge in [0, 0.05) is 64.0 Å². The van der Waals surface area contributed by atoms with Gasteiger partial charge in [0.1, 0.15) is 12.4 Å². The lowest BCUT2D eigenvalue weighted by molar-refractivity contribution is -0.132. The smallest absolute Gasteiger partial charge is 0.254 e. The molecule has 1 amide bonds. The van der Waals surface area contributed by atoms with E-state index in [1.54, 1.807) is 11.0 Å². The summed E-state index contributed by atoms with van der Waals surface area (Å²) in [5.41, 5.74) is 1.61. The van der Waals surface area contributed by atoms with Crippen LogP contribution in [0.15, 0.2) is 23.3 Å². The summed E-state index contributed by atoms with van der Waals surface area (Å²) in [6.45, 7) is 4.47. The largest absolute Gasteiger partial charge is 0.363 e. The summed E-state index contributed by atoms with van der Waals surface area (Å²) in [7, 11) is 3.91. The van der Waals surface area contributed by atoms with Crippen molar-refractivity contribution in [1.29, 1.82) is 0 Å². The number of anilines is 2. The van der Waals surface area contributed by atoms with Gasteiger partial charge in [-0.2, -0.15) is 4.98 Å². The Balaban J connectivity index is 1.37. The molecule has 0 unspecified atom stereocenters. The van der Waals surface area contributed by atoms with E-state index in [1.165, 1.54) is 10.9 Å². The van der Waals surface area contributed by atoms with Gasteiger partial charge in [-0.25, -0.2) is 9.97 Å². The van der Waals surface area contributed by atoms with Gasteiger partial charge < -0.3 is 14.7 Å². The van der Waals surface area contributed by atoms with E-state index in [0.29, 0.717) is 38.0 Å². The Morgan fingerprint density at radius 1 is 1.14 bits per heavy atom. The van der Waals surface area contributed by atoms with E-state index >= 15 is 0 Å². The Hall–Kier alpha value is -2.97. The summed E-state index contributed by atoms with van der Waals surface area (Å²) in [5, 5.41) is 0. The molecule has 0 atom stereocenters. The molecule has 29 heavy (non-hydrogen) atoms. The highest BCUT2D eigenvalue weighted by molar-refractivity contribution is 5.76. The lowest BCUT2D eigenvalue weighted by Crippen LogP contribution is -2.50. The molecule has 1 aliphatic carbocycles. The Morgan fingerprint density at radius 2 is 1.86 bits per heavy atom. The molecule has 2 aromatic heterocycles. The molecule has 154 valence electrons. The summed E-state index contributed by atoms with van der Waals surface area (Å²) >= 11 is 0. The standard InChI is InChI=1S/C20H27N7O2/c1-14-10-17(24(2)3)23-20(22-14)26-8-6-25(7-9-26)19(29)12-27-13-21-16(11-18(27)28)15-4-5-15/h10-11,13,15H,4-9,12H2,1-3H3. The zero-order valence-electron chi connectivity index (χ0n) is 17.2. The van der Waals surface area contributed by atoms with Crippen LogP contribution in [0.25, 0.3) is 0 Å². The Labute approximate surface area is 170 Å². The van der Waals surface area contributed by atoms with E-state index in [-0.39, 0.29) is 18.0 Å². The molecule has 2 aromatic rings. The van der Waals surface area contributed by atoms with E-state index < -0.39 is 0 Å². The minimum Gasteiger partial charge on any atom is -0.363 e. The van der Waals surface area contributed by atoms with Crippen molar-refractivity contribution in [2.75, 3.05) is 50.1 Å². The van der Waals surface area contributed by atoms with Gasteiger partial charge in [0.15, 0.2) is 0 Å². The quantitative estimate of drug-likeness (QED) is 0.731. The van der Waals surface area contributed by atoms with Crippen LogP contribution in [-0.4, -0.2) is 70.6 Å². The van der Waals surface area contributed by atoms with Gasteiger partial charge in [-0.15, -0.1) is 0 Å². The van der Waals surface area contributed by atoms with Crippen LogP contribution in [-0.2, 0) is 11.3 Å². The van der Waals surface area contributed by atoms with Crippen molar-refractivity contribution in [2.24, 2.45) is 0 Å². The lowest BCUT2D eigenvalue weighted by Gasteiger charge is -2.35. The summed E-state index contributed by atoms with van der Waals surface area (Å²) in [6.07, 6.45) is 3.70. The number of carbonyl (C=O) groups excluding carboxylic acids is 1. The van der Waals surface area contributed by atoms with Crippen molar-refractivity contribution in [1.82, 2.24) is 24.4 Å². The fraction of sp³-hybridized carbons (Fsp3) is 0.550. The first kappa shape index (κ1) is 19.4. The Bertz CT molecular complexity index is 960. The predicted molar refractivity (Wildman–Crippen MR) is 110 cm³/mol. The van der Waals surface area contributed by atoms with E-state index in [2.05, 4.69) is 19.9 Å². The van der Waals surface area contributed by atoms with Crippen LogP contribution in [0.4, 0.5) is 11.8 Å². The van der Waals surface area contributed by atoms with Crippen LogP contribution in [0.2, 0.25) is 0 Å². The molecule has 1 saturated carbocycles. The zero-order chi connectivity index (χ0) is 20.5. The van der Waals surface area contributed by atoms with Crippen LogP contribution in [0.5, 0.6) is 0 Å². The second-order valence-corrected chi connectivity index (χ2v) is 7.98. The zero-order valence-corrected chi connectivity index (χ0v) is 17.2. The summed E-state index contributed by atoms with van der Waals surface area (Å²) in [5.74, 6) is 1.93. The highest BCUT2D eigenvalue weighted by Gasteiger charge is 2.26. The molecule has 0 radical (unpaired) electrons. The topological polar surface area (TPSA) is 87.5 Å². The normalized spacial score (nSPS) is 16.8. The van der Waals surface area contributed by atoms with E-state index in [9.17, 15) is 9.59 Å². The van der Waals surface area contributed by atoms with Gasteiger partial charge in [-0.1, -0.05) is 0 Å². The number of nitrogens with zero attached hydrogens (tertiary/aromatic N) is 7. The molecule has 1 aliphatic heterocycles. The third-order valence-electron chi connectivity index (χ3n) is 5.40. The monoisotopic (exact) mass is 397 g/mol. The van der Waals surface area contributed by atoms with Gasteiger partial charge in [0.2, 0.25) is 11.9 Å². The third kappa shape index (κ3) is 4.38. The molecule has 4 rings (SSSR count). The van der Waals surface area contributed by atoms with Crippen molar-refractivity contribution in [2.45, 2.75) is 32.2 Å². The third-order valence-corrected chi connectivity index (χ3v) is 5.40. The average Bonchev–Trinajstić information content (AvgIpc) is 3.54. The molecule has 0 aromatic carbocycles. The van der Waals surface area contributed by atoms with E-state index in [4.69, 9.17) is 0 Å². The van der Waals surface area contributed by atoms with E-state index in [1.807, 2.05) is 32.0 Å². The summed E-state index contributed by atoms with van der Waals surface area (Å²) in [4.78, 5) is 44.3. The van der Waals surface area contributed by atoms with Gasteiger partial charge in [0.25, 0.3) is 5.56 Å². The predicted octanol–water partition coefficient (Wildman–Crippen LogP) is 0.634. The molecule has 2 fully saturated rings. The van der Waals surface area contributed by atoms with Crippen molar-refractivity contribution < 1.29 is 4.79 Å². The lowest BCUT2D eigenvalue weighted by atomic mass is 10.3. The number of amides is 1. The number of carbonyl (C=O) groups is 1. The first-order chi connectivity index (χ1) is 13.9. The minimum atomic E-state index is -0.154. The number of hydrogen-bond donors (Lipinski definition) is 0. The van der Waals surface area contributed by atoms with Crippen molar-refractivity contribution >= 4 is 17.7 Å². The molecular formula is C20H27N7O2. The Kier molecular flexibility index (Phi) is 5.21. The summed E-state index contributed by atoms with van der Waals surface area (Å²) in [6, 6.07) is 3.52. The fourth-order valence-corrected chi connectivity index (χ4v) is 3.47. The minimum absolute atomic E-state index is 0.0303. The van der Waals surface area contributed by atoms with Gasteiger partial charge in [-0.05, 0) is 19.8 Å². The number of aryl methyl sites for hydroxylation is 1. The van der Waals surface area contributed by atoms with Gasteiger partial charge in [0.05, 0.1) is 12.0 Å². The number of piperazine rings is 1. The van der Waals surface area contributed by atoms with E-state index in [0.717, 1.165) is 30.0 Å². The average molecular weight is 397 g/mol. The van der Waals surface area contributed by atoms with Crippen LogP contribution in [0.1, 0.15) is 30.1 Å². The van der Waals surface area contributed by atoms with Crippen molar-refractivity contribution in [3.05, 3.63) is 40.2 Å². The SMILES string of the molecule is Cc1cc(N(C)C)nc(N2CCN(C(=O)Cn3cnc(C4CC4)cc3=O)CC2)n1. The molecule has 9 nitrogen and oxygen atoms in total. The summed E-state index contributed by atoms with van der Waals surface area (Å²) < 4.78 is 1.40. The van der Waals surface area contributed by atoms with Gasteiger partial charge in [-0.3, -0.25) is 14.2 Å². The van der Waals surface area contributed by atoms with Crippen molar-refractivity contribution in [3.63, 3.8) is 0 Å². The van der Waals surface area contributed by atoms with Crippen LogP contribution in [0.3, 0.4) is 0 Å². The maximum absolute atomic E-state index is 12.7. The number of rotatable bonds is 5. The second-order valence-electron chi connectivity index (χ2n) is 7.98. The number of hydrogen-bond acceptors (Lipinski definition) is 7. The fourth-order valence-electron chi connectivity index (χ4n) is 3.47. The highest BCUT2D eigenvalue weighted by atomic mass is 16.2. The molecular weight excluding hydrogens is 370 g/mol. The van der Waals surface area contributed by atoms with Crippen molar-refractivity contribution in [3.8, 4) is 0 Å². The maximum atomic E-state index is 12.7.